The number of hydrogen-bond acceptors (Lipinski definition) is 1. The summed E-state index contributed by atoms with van der Waals surface area (Å²) in [7, 11) is 0. The van der Waals surface area contributed by atoms with Crippen molar-refractivity contribution in [1.29, 1.82) is 0 Å². The van der Waals surface area contributed by atoms with E-state index in [1.54, 1.807) is 6.07 Å². The second-order valence-electron chi connectivity index (χ2n) is 4.86. The summed E-state index contributed by atoms with van der Waals surface area (Å²) in [5, 5.41) is 1.12. The van der Waals surface area contributed by atoms with Crippen LogP contribution in [0.5, 0.6) is 0 Å². The van der Waals surface area contributed by atoms with E-state index in [2.05, 4.69) is 29.0 Å². The topological polar surface area (TPSA) is 17.8 Å². The first kappa shape index (κ1) is 14.6. The molecule has 0 saturated heterocycles. The molecule has 0 radical (unpaired) electrons. The molecule has 2 nitrogen and oxygen atoms in total. The first-order valence-corrected chi connectivity index (χ1v) is 7.09. The summed E-state index contributed by atoms with van der Waals surface area (Å²) in [6, 6.07) is 14.0. The van der Waals surface area contributed by atoms with Gasteiger partial charge in [0.15, 0.2) is 0 Å². The molecule has 3 aromatic rings. The van der Waals surface area contributed by atoms with E-state index in [-0.39, 0.29) is 17.0 Å². The van der Waals surface area contributed by atoms with Crippen LogP contribution in [0, 0.1) is 0 Å². The smallest absolute Gasteiger partial charge is 0.141 e. The fourth-order valence-electron chi connectivity index (χ4n) is 2.61. The van der Waals surface area contributed by atoms with Gasteiger partial charge >= 0.3 is 0 Å². The fourth-order valence-corrected chi connectivity index (χ4v) is 2.90. The molecular weight excluding hydrogens is 371 g/mol. The maximum absolute atomic E-state index is 6.07. The lowest BCUT2D eigenvalue weighted by molar-refractivity contribution is 0.848. The normalized spacial score (nSPS) is 11.7. The van der Waals surface area contributed by atoms with Crippen molar-refractivity contribution >= 4 is 40.2 Å². The number of halogens is 3. The maximum Gasteiger partial charge on any atom is 0.141 e. The molecule has 2 aromatic carbocycles. The third-order valence-electron chi connectivity index (χ3n) is 3.59. The van der Waals surface area contributed by atoms with E-state index in [4.69, 9.17) is 28.2 Å². The predicted octanol–water partition coefficient (Wildman–Crippen LogP) is 5.46. The largest absolute Gasteiger partial charge is 0.326 e. The number of aromatic nitrogens is 2. The molecule has 4 rings (SSSR count). The summed E-state index contributed by atoms with van der Waals surface area (Å²) in [6.07, 6.45) is 2.06. The van der Waals surface area contributed by atoms with Crippen molar-refractivity contribution in [2.24, 2.45) is 0 Å². The molecule has 1 aliphatic heterocycles. The Kier molecular flexibility index (Phi) is 3.82. The number of imidazole rings is 1. The average Bonchev–Trinajstić information content (AvgIpc) is 2.99. The van der Waals surface area contributed by atoms with Crippen LogP contribution < -0.4 is 0 Å². The van der Waals surface area contributed by atoms with Crippen LogP contribution in [0.3, 0.4) is 0 Å². The lowest BCUT2D eigenvalue weighted by atomic mass is 10.1. The summed E-state index contributed by atoms with van der Waals surface area (Å²) in [5.74, 6) is 1.02. The van der Waals surface area contributed by atoms with Gasteiger partial charge in [-0.15, -0.1) is 17.0 Å². The highest BCUT2D eigenvalue weighted by atomic mass is 79.9. The van der Waals surface area contributed by atoms with Crippen molar-refractivity contribution in [2.45, 2.75) is 6.54 Å². The molecule has 0 saturated carbocycles. The number of nitrogens with zero attached hydrogens (tertiary/aromatic N) is 2. The number of benzene rings is 2. The number of rotatable bonds is 1. The van der Waals surface area contributed by atoms with Gasteiger partial charge in [0.25, 0.3) is 0 Å². The highest BCUT2D eigenvalue weighted by molar-refractivity contribution is 8.93. The SMILES string of the molecule is Br.Clc1ccc(-c2cn3c(n2)-c2ccccc2C3)cc1Cl. The van der Waals surface area contributed by atoms with Crippen molar-refractivity contribution in [3.8, 4) is 22.6 Å². The summed E-state index contributed by atoms with van der Waals surface area (Å²) in [5.41, 5.74) is 4.43. The van der Waals surface area contributed by atoms with Crippen LogP contribution in [0.4, 0.5) is 0 Å². The van der Waals surface area contributed by atoms with Gasteiger partial charge in [-0.25, -0.2) is 4.98 Å². The molecule has 21 heavy (non-hydrogen) atoms. The molecule has 1 aliphatic rings. The predicted molar refractivity (Wildman–Crippen MR) is 92.5 cm³/mol. The first-order valence-electron chi connectivity index (χ1n) is 6.33. The molecule has 0 bridgehead atoms. The lowest BCUT2D eigenvalue weighted by Crippen LogP contribution is -1.89. The van der Waals surface area contributed by atoms with Gasteiger partial charge in [0.1, 0.15) is 5.82 Å². The van der Waals surface area contributed by atoms with E-state index >= 15 is 0 Å². The molecule has 5 heteroatoms. The van der Waals surface area contributed by atoms with Gasteiger partial charge in [0, 0.05) is 23.9 Å². The quantitative estimate of drug-likeness (QED) is 0.427. The molecule has 0 unspecified atom stereocenters. The van der Waals surface area contributed by atoms with Crippen molar-refractivity contribution in [2.75, 3.05) is 0 Å². The van der Waals surface area contributed by atoms with Gasteiger partial charge in [-0.05, 0) is 17.7 Å². The Morgan fingerprint density at radius 3 is 2.62 bits per heavy atom. The van der Waals surface area contributed by atoms with Crippen molar-refractivity contribution in [3.05, 3.63) is 64.3 Å². The highest BCUT2D eigenvalue weighted by Gasteiger charge is 2.20. The Hall–Kier alpha value is -1.29. The van der Waals surface area contributed by atoms with Gasteiger partial charge < -0.3 is 4.57 Å². The Morgan fingerprint density at radius 2 is 1.81 bits per heavy atom. The fraction of sp³-hybridized carbons (Fsp3) is 0.0625. The van der Waals surface area contributed by atoms with Crippen LogP contribution in [0.25, 0.3) is 22.6 Å². The van der Waals surface area contributed by atoms with Crippen LogP contribution in [-0.2, 0) is 6.54 Å². The highest BCUT2D eigenvalue weighted by Crippen LogP contribution is 2.34. The van der Waals surface area contributed by atoms with E-state index in [1.807, 2.05) is 18.2 Å². The second-order valence-corrected chi connectivity index (χ2v) is 5.68. The first-order chi connectivity index (χ1) is 9.72. The molecule has 0 N–H and O–H groups in total. The van der Waals surface area contributed by atoms with E-state index in [0.717, 1.165) is 23.6 Å². The standard InChI is InChI=1S/C16H10Cl2N2.BrH/c17-13-6-5-10(7-14(13)18)15-9-20-8-11-3-1-2-4-12(11)16(20)19-15;/h1-7,9H,8H2;1H. The zero-order valence-corrected chi connectivity index (χ0v) is 14.1. The van der Waals surface area contributed by atoms with Gasteiger partial charge in [0.05, 0.1) is 15.7 Å². The molecule has 106 valence electrons. The lowest BCUT2D eigenvalue weighted by Gasteiger charge is -2.00. The van der Waals surface area contributed by atoms with E-state index in [0.29, 0.717) is 10.0 Å². The summed E-state index contributed by atoms with van der Waals surface area (Å²) in [4.78, 5) is 4.73. The molecule has 0 atom stereocenters. The number of fused-ring (bicyclic) bond motifs is 3. The zero-order valence-electron chi connectivity index (χ0n) is 10.9. The Labute approximate surface area is 143 Å². The molecule has 0 aliphatic carbocycles. The minimum Gasteiger partial charge on any atom is -0.326 e. The molecule has 2 heterocycles. The summed E-state index contributed by atoms with van der Waals surface area (Å²) >= 11 is 12.0. The summed E-state index contributed by atoms with van der Waals surface area (Å²) < 4.78 is 2.17. The monoisotopic (exact) mass is 380 g/mol. The van der Waals surface area contributed by atoms with Crippen LogP contribution in [0.2, 0.25) is 10.0 Å². The third kappa shape index (κ3) is 2.39. The number of hydrogen-bond donors (Lipinski definition) is 0. The molecule has 0 amide bonds. The van der Waals surface area contributed by atoms with Crippen molar-refractivity contribution in [3.63, 3.8) is 0 Å². The average molecular weight is 382 g/mol. The van der Waals surface area contributed by atoms with Crippen molar-refractivity contribution in [1.82, 2.24) is 9.55 Å². The van der Waals surface area contributed by atoms with Crippen LogP contribution >= 0.6 is 40.2 Å². The third-order valence-corrected chi connectivity index (χ3v) is 4.33. The van der Waals surface area contributed by atoms with Crippen LogP contribution in [-0.4, -0.2) is 9.55 Å². The Bertz CT molecular complexity index is 827. The van der Waals surface area contributed by atoms with Crippen LogP contribution in [0.15, 0.2) is 48.7 Å². The Morgan fingerprint density at radius 1 is 1.00 bits per heavy atom. The van der Waals surface area contributed by atoms with Gasteiger partial charge in [-0.2, -0.15) is 0 Å². The molecule has 0 spiro atoms. The zero-order chi connectivity index (χ0) is 13.7. The minimum absolute atomic E-state index is 0. The molecule has 0 fully saturated rings. The van der Waals surface area contributed by atoms with E-state index in [9.17, 15) is 0 Å². The van der Waals surface area contributed by atoms with Gasteiger partial charge in [-0.1, -0.05) is 53.5 Å². The maximum atomic E-state index is 6.07. The molecule has 1 aromatic heterocycles. The Balaban J connectivity index is 0.00000132. The van der Waals surface area contributed by atoms with Crippen LogP contribution in [0.1, 0.15) is 5.56 Å². The minimum atomic E-state index is 0. The molecular formula is C16H11BrCl2N2. The van der Waals surface area contributed by atoms with Gasteiger partial charge in [0.2, 0.25) is 0 Å². The van der Waals surface area contributed by atoms with E-state index < -0.39 is 0 Å². The second kappa shape index (κ2) is 5.48. The van der Waals surface area contributed by atoms with E-state index in [1.165, 1.54) is 11.1 Å². The summed E-state index contributed by atoms with van der Waals surface area (Å²) in [6.45, 7) is 0.875. The van der Waals surface area contributed by atoms with Gasteiger partial charge in [-0.3, -0.25) is 0 Å². The van der Waals surface area contributed by atoms with Crippen molar-refractivity contribution < 1.29 is 0 Å².